The number of nitrogens with two attached hydrogens (primary N) is 1. The number of benzene rings is 1. The third-order valence-electron chi connectivity index (χ3n) is 2.37. The van der Waals surface area contributed by atoms with Gasteiger partial charge < -0.3 is 10.5 Å². The van der Waals surface area contributed by atoms with Gasteiger partial charge in [-0.25, -0.2) is 8.78 Å². The van der Waals surface area contributed by atoms with E-state index in [0.717, 1.165) is 6.07 Å². The molecule has 1 aromatic rings. The third-order valence-corrected chi connectivity index (χ3v) is 2.37. The van der Waals surface area contributed by atoms with E-state index in [4.69, 9.17) is 10.5 Å². The SMILES string of the molecule is COc1cc(F)cc(F)c1C(C)CCN. The Morgan fingerprint density at radius 2 is 2.07 bits per heavy atom. The van der Waals surface area contributed by atoms with Gasteiger partial charge in [-0.2, -0.15) is 0 Å². The molecule has 2 nitrogen and oxygen atoms in total. The third kappa shape index (κ3) is 2.65. The Balaban J connectivity index is 3.14. The first-order valence-corrected chi connectivity index (χ1v) is 4.83. The highest BCUT2D eigenvalue weighted by atomic mass is 19.1. The van der Waals surface area contributed by atoms with E-state index in [1.807, 2.05) is 6.92 Å². The minimum atomic E-state index is -0.631. The molecule has 4 heteroatoms. The predicted molar refractivity (Wildman–Crippen MR) is 55.0 cm³/mol. The minimum absolute atomic E-state index is 0.0782. The zero-order valence-electron chi connectivity index (χ0n) is 8.89. The van der Waals surface area contributed by atoms with Crippen LogP contribution in [0, 0.1) is 11.6 Å². The molecular formula is C11H15F2NO. The van der Waals surface area contributed by atoms with Crippen molar-refractivity contribution in [2.75, 3.05) is 13.7 Å². The summed E-state index contributed by atoms with van der Waals surface area (Å²) in [6.45, 7) is 2.30. The first-order chi connectivity index (χ1) is 7.10. The van der Waals surface area contributed by atoms with Gasteiger partial charge in [-0.05, 0) is 18.9 Å². The van der Waals surface area contributed by atoms with E-state index < -0.39 is 11.6 Å². The molecule has 1 unspecified atom stereocenters. The molecule has 15 heavy (non-hydrogen) atoms. The van der Waals surface area contributed by atoms with Crippen LogP contribution in [0.4, 0.5) is 8.78 Å². The van der Waals surface area contributed by atoms with Crippen LogP contribution in [0.5, 0.6) is 5.75 Å². The summed E-state index contributed by atoms with van der Waals surface area (Å²) in [5, 5.41) is 0. The lowest BCUT2D eigenvalue weighted by molar-refractivity contribution is 0.394. The van der Waals surface area contributed by atoms with Crippen molar-refractivity contribution in [2.45, 2.75) is 19.3 Å². The molecule has 1 aromatic carbocycles. The maximum Gasteiger partial charge on any atom is 0.133 e. The standard InChI is InChI=1S/C11H15F2NO/c1-7(3-4-14)11-9(13)5-8(12)6-10(11)15-2/h5-7H,3-4,14H2,1-2H3. The highest BCUT2D eigenvalue weighted by Gasteiger charge is 2.17. The van der Waals surface area contributed by atoms with Crippen molar-refractivity contribution >= 4 is 0 Å². The van der Waals surface area contributed by atoms with Gasteiger partial charge in [0.15, 0.2) is 0 Å². The fraction of sp³-hybridized carbons (Fsp3) is 0.455. The van der Waals surface area contributed by atoms with E-state index in [1.165, 1.54) is 13.2 Å². The lowest BCUT2D eigenvalue weighted by Gasteiger charge is -2.15. The molecule has 0 aliphatic heterocycles. The van der Waals surface area contributed by atoms with E-state index in [1.54, 1.807) is 0 Å². The summed E-state index contributed by atoms with van der Waals surface area (Å²) < 4.78 is 31.4. The molecule has 0 heterocycles. The van der Waals surface area contributed by atoms with Crippen LogP contribution in [-0.2, 0) is 0 Å². The zero-order valence-corrected chi connectivity index (χ0v) is 8.89. The Kier molecular flexibility index (Phi) is 4.03. The Morgan fingerprint density at radius 3 is 2.60 bits per heavy atom. The van der Waals surface area contributed by atoms with Gasteiger partial charge in [0.1, 0.15) is 17.4 Å². The normalized spacial score (nSPS) is 12.6. The van der Waals surface area contributed by atoms with Crippen LogP contribution >= 0.6 is 0 Å². The van der Waals surface area contributed by atoms with Crippen molar-refractivity contribution in [1.29, 1.82) is 0 Å². The molecule has 0 bridgehead atoms. The fourth-order valence-electron chi connectivity index (χ4n) is 1.60. The molecular weight excluding hydrogens is 200 g/mol. The van der Waals surface area contributed by atoms with Crippen LogP contribution in [0.1, 0.15) is 24.8 Å². The van der Waals surface area contributed by atoms with E-state index in [9.17, 15) is 8.78 Å². The van der Waals surface area contributed by atoms with Gasteiger partial charge in [0.25, 0.3) is 0 Å². The maximum atomic E-state index is 13.5. The summed E-state index contributed by atoms with van der Waals surface area (Å²) in [6.07, 6.45) is 0.638. The first-order valence-electron chi connectivity index (χ1n) is 4.83. The topological polar surface area (TPSA) is 35.2 Å². The molecule has 0 amide bonds. The maximum absolute atomic E-state index is 13.5. The average Bonchev–Trinajstić information content (AvgIpc) is 2.16. The lowest BCUT2D eigenvalue weighted by atomic mass is 9.96. The summed E-state index contributed by atoms with van der Waals surface area (Å²) >= 11 is 0. The Hall–Kier alpha value is -1.16. The largest absolute Gasteiger partial charge is 0.496 e. The highest BCUT2D eigenvalue weighted by molar-refractivity contribution is 5.37. The number of hydrogen-bond donors (Lipinski definition) is 1. The summed E-state index contributed by atoms with van der Waals surface area (Å²) in [7, 11) is 1.40. The van der Waals surface area contributed by atoms with Gasteiger partial charge in [-0.3, -0.25) is 0 Å². The molecule has 0 aromatic heterocycles. The summed E-state index contributed by atoms with van der Waals surface area (Å²) in [5.74, 6) is -1.04. The molecule has 1 atom stereocenters. The monoisotopic (exact) mass is 215 g/mol. The van der Waals surface area contributed by atoms with Crippen LogP contribution in [0.3, 0.4) is 0 Å². The zero-order chi connectivity index (χ0) is 11.4. The number of rotatable bonds is 4. The molecule has 1 rings (SSSR count). The highest BCUT2D eigenvalue weighted by Crippen LogP contribution is 2.31. The van der Waals surface area contributed by atoms with Crippen LogP contribution in [0.25, 0.3) is 0 Å². The second-order valence-corrected chi connectivity index (χ2v) is 3.48. The quantitative estimate of drug-likeness (QED) is 0.837. The molecule has 2 N–H and O–H groups in total. The van der Waals surface area contributed by atoms with Crippen LogP contribution in [0.15, 0.2) is 12.1 Å². The second-order valence-electron chi connectivity index (χ2n) is 3.48. The molecule has 0 aliphatic carbocycles. The molecule has 84 valence electrons. The molecule has 0 saturated heterocycles. The van der Waals surface area contributed by atoms with Crippen molar-refractivity contribution < 1.29 is 13.5 Å². The molecule has 0 aliphatic rings. The van der Waals surface area contributed by atoms with Crippen molar-refractivity contribution in [2.24, 2.45) is 5.73 Å². The van der Waals surface area contributed by atoms with Gasteiger partial charge in [0, 0.05) is 17.7 Å². The van der Waals surface area contributed by atoms with Crippen molar-refractivity contribution in [3.05, 3.63) is 29.3 Å². The van der Waals surface area contributed by atoms with E-state index in [2.05, 4.69) is 0 Å². The molecule has 0 spiro atoms. The first kappa shape index (κ1) is 11.9. The number of halogens is 2. The van der Waals surface area contributed by atoms with Crippen LogP contribution < -0.4 is 10.5 Å². The minimum Gasteiger partial charge on any atom is -0.496 e. The van der Waals surface area contributed by atoms with E-state index in [-0.39, 0.29) is 11.7 Å². The van der Waals surface area contributed by atoms with Crippen LogP contribution in [0.2, 0.25) is 0 Å². The Bertz CT molecular complexity index is 342. The van der Waals surface area contributed by atoms with E-state index in [0.29, 0.717) is 18.5 Å². The number of ether oxygens (including phenoxy) is 1. The second kappa shape index (κ2) is 5.07. The summed E-state index contributed by atoms with van der Waals surface area (Å²) in [5.41, 5.74) is 5.79. The van der Waals surface area contributed by atoms with Gasteiger partial charge >= 0.3 is 0 Å². The van der Waals surface area contributed by atoms with Gasteiger partial charge in [0.05, 0.1) is 7.11 Å². The smallest absolute Gasteiger partial charge is 0.133 e. The average molecular weight is 215 g/mol. The van der Waals surface area contributed by atoms with Gasteiger partial charge in [0.2, 0.25) is 0 Å². The van der Waals surface area contributed by atoms with Crippen molar-refractivity contribution in [3.8, 4) is 5.75 Å². The summed E-state index contributed by atoms with van der Waals surface area (Å²) in [6, 6.07) is 2.05. The number of hydrogen-bond acceptors (Lipinski definition) is 2. The fourth-order valence-corrected chi connectivity index (χ4v) is 1.60. The predicted octanol–water partition coefficient (Wildman–Crippen LogP) is 2.43. The Morgan fingerprint density at radius 1 is 1.40 bits per heavy atom. The molecule has 0 radical (unpaired) electrons. The van der Waals surface area contributed by atoms with Crippen molar-refractivity contribution in [3.63, 3.8) is 0 Å². The number of methoxy groups -OCH3 is 1. The van der Waals surface area contributed by atoms with E-state index >= 15 is 0 Å². The Labute approximate surface area is 88.0 Å². The van der Waals surface area contributed by atoms with Gasteiger partial charge in [-0.1, -0.05) is 6.92 Å². The van der Waals surface area contributed by atoms with Crippen LogP contribution in [-0.4, -0.2) is 13.7 Å². The van der Waals surface area contributed by atoms with Crippen molar-refractivity contribution in [1.82, 2.24) is 0 Å². The molecule has 0 saturated carbocycles. The lowest BCUT2D eigenvalue weighted by Crippen LogP contribution is -2.08. The molecule has 0 fully saturated rings. The summed E-state index contributed by atoms with van der Waals surface area (Å²) in [4.78, 5) is 0. The van der Waals surface area contributed by atoms with Gasteiger partial charge in [-0.15, -0.1) is 0 Å².